The molecule has 0 aliphatic rings. The molecule has 0 bridgehead atoms. The van der Waals surface area contributed by atoms with Crippen molar-refractivity contribution in [1.82, 2.24) is 5.32 Å². The highest BCUT2D eigenvalue weighted by Gasteiger charge is 2.17. The molecule has 1 unspecified atom stereocenters. The highest BCUT2D eigenvalue weighted by molar-refractivity contribution is 6.36. The first-order chi connectivity index (χ1) is 9.43. The van der Waals surface area contributed by atoms with Crippen LogP contribution in [0.4, 0.5) is 0 Å². The van der Waals surface area contributed by atoms with Crippen LogP contribution in [-0.2, 0) is 16.0 Å². The fourth-order valence-corrected chi connectivity index (χ4v) is 2.46. The first-order valence-corrected chi connectivity index (χ1v) is 7.13. The summed E-state index contributed by atoms with van der Waals surface area (Å²) >= 11 is 12.0. The van der Waals surface area contributed by atoms with Gasteiger partial charge in [-0.2, -0.15) is 0 Å². The lowest BCUT2D eigenvalue weighted by atomic mass is 10.1. The van der Waals surface area contributed by atoms with Crippen LogP contribution in [0.1, 0.15) is 31.7 Å². The minimum Gasteiger partial charge on any atom is -0.481 e. The fraction of sp³-hybridized carbons (Fsp3) is 0.429. The van der Waals surface area contributed by atoms with E-state index in [-0.39, 0.29) is 24.8 Å². The molecule has 0 aliphatic carbocycles. The second-order valence-corrected chi connectivity index (χ2v) is 5.34. The van der Waals surface area contributed by atoms with Crippen molar-refractivity contribution in [2.75, 3.05) is 0 Å². The lowest BCUT2D eigenvalue weighted by Gasteiger charge is -2.16. The van der Waals surface area contributed by atoms with Crippen LogP contribution in [0.5, 0.6) is 0 Å². The van der Waals surface area contributed by atoms with Crippen molar-refractivity contribution >= 4 is 35.1 Å². The summed E-state index contributed by atoms with van der Waals surface area (Å²) in [5.41, 5.74) is 0.555. The first kappa shape index (κ1) is 16.8. The molecule has 0 fully saturated rings. The number of amides is 1. The molecule has 0 spiro atoms. The summed E-state index contributed by atoms with van der Waals surface area (Å²) in [6.07, 6.45) is 1.37. The number of carboxylic acids is 1. The highest BCUT2D eigenvalue weighted by atomic mass is 35.5. The SMILES string of the molecule is CCCC(CC(=O)O)NC(=O)Cc1c(Cl)cccc1Cl. The Morgan fingerprint density at radius 3 is 2.40 bits per heavy atom. The van der Waals surface area contributed by atoms with E-state index in [1.165, 1.54) is 0 Å². The Balaban J connectivity index is 2.68. The number of aliphatic carboxylic acids is 1. The van der Waals surface area contributed by atoms with Crippen molar-refractivity contribution < 1.29 is 14.7 Å². The third-order valence-electron chi connectivity index (χ3n) is 2.82. The van der Waals surface area contributed by atoms with Crippen LogP contribution in [0.3, 0.4) is 0 Å². The van der Waals surface area contributed by atoms with Gasteiger partial charge in [0.05, 0.1) is 12.8 Å². The van der Waals surface area contributed by atoms with Gasteiger partial charge in [-0.1, -0.05) is 42.6 Å². The van der Waals surface area contributed by atoms with Gasteiger partial charge in [-0.25, -0.2) is 0 Å². The van der Waals surface area contributed by atoms with E-state index in [1.54, 1.807) is 18.2 Å². The summed E-state index contributed by atoms with van der Waals surface area (Å²) < 4.78 is 0. The number of carbonyl (C=O) groups is 2. The van der Waals surface area contributed by atoms with Gasteiger partial charge in [-0.15, -0.1) is 0 Å². The molecule has 1 amide bonds. The van der Waals surface area contributed by atoms with E-state index in [1.807, 2.05) is 6.92 Å². The van der Waals surface area contributed by atoms with Crippen LogP contribution in [0, 0.1) is 0 Å². The van der Waals surface area contributed by atoms with Gasteiger partial charge in [0.2, 0.25) is 5.91 Å². The summed E-state index contributed by atoms with van der Waals surface area (Å²) in [5.74, 6) is -1.21. The number of nitrogens with one attached hydrogen (secondary N) is 1. The highest BCUT2D eigenvalue weighted by Crippen LogP contribution is 2.24. The predicted octanol–water partition coefficient (Wildman–Crippen LogP) is 3.30. The molecule has 0 heterocycles. The zero-order valence-corrected chi connectivity index (χ0v) is 12.7. The first-order valence-electron chi connectivity index (χ1n) is 6.38. The number of rotatable bonds is 7. The van der Waals surface area contributed by atoms with Crippen molar-refractivity contribution in [2.24, 2.45) is 0 Å². The minimum absolute atomic E-state index is 0.0400. The van der Waals surface area contributed by atoms with E-state index in [4.69, 9.17) is 28.3 Å². The number of benzene rings is 1. The molecule has 1 aromatic carbocycles. The summed E-state index contributed by atoms with van der Waals surface area (Å²) in [6, 6.07) is 4.66. The molecule has 2 N–H and O–H groups in total. The maximum atomic E-state index is 12.0. The van der Waals surface area contributed by atoms with Crippen molar-refractivity contribution in [3.8, 4) is 0 Å². The minimum atomic E-state index is -0.931. The molecule has 0 radical (unpaired) electrons. The van der Waals surface area contributed by atoms with Crippen LogP contribution < -0.4 is 5.32 Å². The number of halogens is 2. The quantitative estimate of drug-likeness (QED) is 0.810. The average Bonchev–Trinajstić information content (AvgIpc) is 2.33. The van der Waals surface area contributed by atoms with Gasteiger partial charge in [0, 0.05) is 16.1 Å². The molecule has 20 heavy (non-hydrogen) atoms. The number of hydrogen-bond donors (Lipinski definition) is 2. The topological polar surface area (TPSA) is 66.4 Å². The Bertz CT molecular complexity index is 471. The zero-order valence-electron chi connectivity index (χ0n) is 11.2. The normalized spacial score (nSPS) is 11.9. The summed E-state index contributed by atoms with van der Waals surface area (Å²) in [4.78, 5) is 22.7. The van der Waals surface area contributed by atoms with E-state index in [9.17, 15) is 9.59 Å². The van der Waals surface area contributed by atoms with Gasteiger partial charge in [0.1, 0.15) is 0 Å². The van der Waals surface area contributed by atoms with Crippen molar-refractivity contribution in [2.45, 2.75) is 38.6 Å². The largest absolute Gasteiger partial charge is 0.481 e. The van der Waals surface area contributed by atoms with Crippen LogP contribution >= 0.6 is 23.2 Å². The van der Waals surface area contributed by atoms with Crippen LogP contribution in [-0.4, -0.2) is 23.0 Å². The Labute approximate surface area is 128 Å². The second kappa shape index (κ2) is 8.12. The van der Waals surface area contributed by atoms with Gasteiger partial charge in [-0.3, -0.25) is 9.59 Å². The molecule has 0 saturated carbocycles. The molecule has 6 heteroatoms. The van der Waals surface area contributed by atoms with Crippen LogP contribution in [0.2, 0.25) is 10.0 Å². The Morgan fingerprint density at radius 2 is 1.90 bits per heavy atom. The summed E-state index contributed by atoms with van der Waals surface area (Å²) in [6.45, 7) is 1.94. The third-order valence-corrected chi connectivity index (χ3v) is 3.53. The lowest BCUT2D eigenvalue weighted by molar-refractivity contribution is -0.137. The number of hydrogen-bond acceptors (Lipinski definition) is 2. The Kier molecular flexibility index (Phi) is 6.82. The third kappa shape index (κ3) is 5.39. The smallest absolute Gasteiger partial charge is 0.305 e. The lowest BCUT2D eigenvalue weighted by Crippen LogP contribution is -2.37. The van der Waals surface area contributed by atoms with Gasteiger partial charge in [0.25, 0.3) is 0 Å². The van der Waals surface area contributed by atoms with Gasteiger partial charge in [-0.05, 0) is 24.1 Å². The Hall–Kier alpha value is -1.26. The van der Waals surface area contributed by atoms with Crippen molar-refractivity contribution in [3.05, 3.63) is 33.8 Å². The molecule has 1 rings (SSSR count). The van der Waals surface area contributed by atoms with E-state index < -0.39 is 5.97 Å². The molecular weight excluding hydrogens is 301 g/mol. The van der Waals surface area contributed by atoms with E-state index in [0.29, 0.717) is 22.0 Å². The molecule has 1 atom stereocenters. The van der Waals surface area contributed by atoms with E-state index >= 15 is 0 Å². The maximum Gasteiger partial charge on any atom is 0.305 e. The molecule has 0 aromatic heterocycles. The molecule has 0 aliphatic heterocycles. The van der Waals surface area contributed by atoms with E-state index in [0.717, 1.165) is 6.42 Å². The van der Waals surface area contributed by atoms with Crippen molar-refractivity contribution in [3.63, 3.8) is 0 Å². The maximum absolute atomic E-state index is 12.0. The predicted molar refractivity (Wildman–Crippen MR) is 79.3 cm³/mol. The molecular formula is C14H17Cl2NO3. The molecule has 0 saturated heterocycles. The summed E-state index contributed by atoms with van der Waals surface area (Å²) in [5, 5.41) is 12.4. The fourth-order valence-electron chi connectivity index (χ4n) is 1.92. The average molecular weight is 318 g/mol. The number of carbonyl (C=O) groups excluding carboxylic acids is 1. The van der Waals surface area contributed by atoms with E-state index in [2.05, 4.69) is 5.32 Å². The van der Waals surface area contributed by atoms with Crippen LogP contribution in [0.15, 0.2) is 18.2 Å². The standard InChI is InChI=1S/C14H17Cl2NO3/c1-2-4-9(7-14(19)20)17-13(18)8-10-11(15)5-3-6-12(10)16/h3,5-6,9H,2,4,7-8H2,1H3,(H,17,18)(H,19,20). The van der Waals surface area contributed by atoms with Gasteiger partial charge >= 0.3 is 5.97 Å². The summed E-state index contributed by atoms with van der Waals surface area (Å²) in [7, 11) is 0. The Morgan fingerprint density at radius 1 is 1.30 bits per heavy atom. The number of carboxylic acid groups (broad SMARTS) is 1. The van der Waals surface area contributed by atoms with Gasteiger partial charge in [0.15, 0.2) is 0 Å². The molecule has 4 nitrogen and oxygen atoms in total. The monoisotopic (exact) mass is 317 g/mol. The van der Waals surface area contributed by atoms with Gasteiger partial charge < -0.3 is 10.4 Å². The van der Waals surface area contributed by atoms with Crippen LogP contribution in [0.25, 0.3) is 0 Å². The second-order valence-electron chi connectivity index (χ2n) is 4.53. The zero-order chi connectivity index (χ0) is 15.1. The van der Waals surface area contributed by atoms with Crippen molar-refractivity contribution in [1.29, 1.82) is 0 Å². The molecule has 110 valence electrons. The molecule has 1 aromatic rings.